The van der Waals surface area contributed by atoms with Crippen LogP contribution in [-0.2, 0) is 6.54 Å². The third kappa shape index (κ3) is 3.88. The Hall–Kier alpha value is -3.51. The van der Waals surface area contributed by atoms with Crippen molar-refractivity contribution in [2.45, 2.75) is 46.3 Å². The maximum absolute atomic E-state index is 5.87. The second-order valence-electron chi connectivity index (χ2n) is 9.00. The van der Waals surface area contributed by atoms with Crippen LogP contribution in [0.3, 0.4) is 0 Å². The predicted octanol–water partition coefficient (Wildman–Crippen LogP) is 5.67. The standard InChI is InChI=1S/C28H29N5S/c1-18-9-7-12-25(20(18)3)33-19(2)15-23(21(33)4)27-26(24-11-5-6-14-30-24)31-28(34)32(27)17-22-10-8-13-29-16-22/h5-16,26-27H,17H2,1-4H3,(H,31,34)/t26-,27-/m0/s1. The number of hydrogen-bond acceptors (Lipinski definition) is 3. The molecule has 1 N–H and O–H groups in total. The lowest BCUT2D eigenvalue weighted by Crippen LogP contribution is -2.29. The summed E-state index contributed by atoms with van der Waals surface area (Å²) in [4.78, 5) is 11.3. The molecule has 1 aliphatic rings. The topological polar surface area (TPSA) is 46.0 Å². The number of nitrogens with one attached hydrogen (secondary N) is 1. The van der Waals surface area contributed by atoms with Crippen molar-refractivity contribution in [1.29, 1.82) is 0 Å². The third-order valence-corrected chi connectivity index (χ3v) is 7.23. The molecular weight excluding hydrogens is 438 g/mol. The maximum Gasteiger partial charge on any atom is 0.170 e. The average Bonchev–Trinajstić information content (AvgIpc) is 3.32. The van der Waals surface area contributed by atoms with E-state index in [1.165, 1.54) is 33.8 Å². The smallest absolute Gasteiger partial charge is 0.170 e. The van der Waals surface area contributed by atoms with E-state index in [9.17, 15) is 0 Å². The highest BCUT2D eigenvalue weighted by atomic mass is 32.1. The summed E-state index contributed by atoms with van der Waals surface area (Å²) in [5.41, 5.74) is 9.61. The monoisotopic (exact) mass is 467 g/mol. The Labute approximate surface area is 206 Å². The van der Waals surface area contributed by atoms with Crippen LogP contribution in [0.1, 0.15) is 51.4 Å². The van der Waals surface area contributed by atoms with Gasteiger partial charge in [0.05, 0.1) is 17.8 Å². The SMILES string of the molecule is Cc1cccc(-n2c(C)cc([C@H]3[C@H](c4ccccn4)NC(=S)N3Cc3cccnc3)c2C)c1C. The van der Waals surface area contributed by atoms with Gasteiger partial charge < -0.3 is 14.8 Å². The highest BCUT2D eigenvalue weighted by Crippen LogP contribution is 2.42. The number of aromatic nitrogens is 3. The summed E-state index contributed by atoms with van der Waals surface area (Å²) in [6.45, 7) is 9.44. The minimum atomic E-state index is -0.0436. The van der Waals surface area contributed by atoms with Crippen LogP contribution >= 0.6 is 12.2 Å². The van der Waals surface area contributed by atoms with Crippen molar-refractivity contribution >= 4 is 17.3 Å². The molecule has 5 rings (SSSR count). The molecule has 0 amide bonds. The first kappa shape index (κ1) is 22.3. The van der Waals surface area contributed by atoms with E-state index in [4.69, 9.17) is 12.2 Å². The van der Waals surface area contributed by atoms with Gasteiger partial charge in [0.15, 0.2) is 5.11 Å². The number of hydrogen-bond donors (Lipinski definition) is 1. The Kier molecular flexibility index (Phi) is 5.92. The molecule has 0 unspecified atom stereocenters. The van der Waals surface area contributed by atoms with E-state index in [0.29, 0.717) is 6.54 Å². The van der Waals surface area contributed by atoms with Crippen molar-refractivity contribution in [3.63, 3.8) is 0 Å². The fourth-order valence-corrected chi connectivity index (χ4v) is 5.34. The molecule has 172 valence electrons. The molecule has 2 atom stereocenters. The Morgan fingerprint density at radius 1 is 0.971 bits per heavy atom. The Bertz CT molecular complexity index is 1330. The second-order valence-corrected chi connectivity index (χ2v) is 9.38. The zero-order valence-corrected chi connectivity index (χ0v) is 20.8. The average molecular weight is 468 g/mol. The third-order valence-electron chi connectivity index (χ3n) is 6.88. The van der Waals surface area contributed by atoms with Gasteiger partial charge in [0.2, 0.25) is 0 Å². The van der Waals surface area contributed by atoms with E-state index in [2.05, 4.69) is 88.8 Å². The van der Waals surface area contributed by atoms with E-state index >= 15 is 0 Å². The summed E-state index contributed by atoms with van der Waals surface area (Å²) in [6.07, 6.45) is 5.56. The largest absolute Gasteiger partial charge is 0.352 e. The van der Waals surface area contributed by atoms with Crippen molar-refractivity contribution in [2.75, 3.05) is 0 Å². The van der Waals surface area contributed by atoms with Gasteiger partial charge in [-0.2, -0.15) is 0 Å². The maximum atomic E-state index is 5.87. The number of aryl methyl sites for hydroxylation is 2. The minimum Gasteiger partial charge on any atom is -0.352 e. The van der Waals surface area contributed by atoms with E-state index < -0.39 is 0 Å². The lowest BCUT2D eigenvalue weighted by atomic mass is 9.96. The number of benzene rings is 1. The van der Waals surface area contributed by atoms with Gasteiger partial charge in [-0.05, 0) is 92.5 Å². The second kappa shape index (κ2) is 9.03. The van der Waals surface area contributed by atoms with Gasteiger partial charge in [0.1, 0.15) is 0 Å². The van der Waals surface area contributed by atoms with Crippen LogP contribution in [0, 0.1) is 27.7 Å². The number of rotatable bonds is 5. The molecule has 0 saturated carbocycles. The van der Waals surface area contributed by atoms with E-state index in [-0.39, 0.29) is 12.1 Å². The van der Waals surface area contributed by atoms with Crippen LogP contribution in [0.5, 0.6) is 0 Å². The van der Waals surface area contributed by atoms with Crippen molar-refractivity contribution in [3.8, 4) is 5.69 Å². The summed E-state index contributed by atoms with van der Waals surface area (Å²) in [5, 5.41) is 4.31. The lowest BCUT2D eigenvalue weighted by molar-refractivity contribution is 0.310. The lowest BCUT2D eigenvalue weighted by Gasteiger charge is -2.28. The zero-order valence-electron chi connectivity index (χ0n) is 20.0. The van der Waals surface area contributed by atoms with Crippen LogP contribution in [0.15, 0.2) is 73.2 Å². The Balaban J connectivity index is 1.64. The van der Waals surface area contributed by atoms with Gasteiger partial charge in [0, 0.05) is 42.2 Å². The van der Waals surface area contributed by atoms with Crippen molar-refractivity contribution < 1.29 is 0 Å². The van der Waals surface area contributed by atoms with Crippen LogP contribution in [0.25, 0.3) is 5.69 Å². The van der Waals surface area contributed by atoms with Gasteiger partial charge in [0.25, 0.3) is 0 Å². The highest BCUT2D eigenvalue weighted by Gasteiger charge is 2.41. The van der Waals surface area contributed by atoms with Gasteiger partial charge in [-0.25, -0.2) is 0 Å². The molecule has 1 fully saturated rings. The quantitative estimate of drug-likeness (QED) is 0.383. The summed E-state index contributed by atoms with van der Waals surface area (Å²) < 4.78 is 2.37. The van der Waals surface area contributed by atoms with E-state index in [1.54, 1.807) is 6.20 Å². The molecule has 0 radical (unpaired) electrons. The summed E-state index contributed by atoms with van der Waals surface area (Å²) in [7, 11) is 0. The number of nitrogens with zero attached hydrogens (tertiary/aromatic N) is 4. The molecular formula is C28H29N5S. The molecule has 0 aliphatic carbocycles. The fourth-order valence-electron chi connectivity index (χ4n) is 5.04. The van der Waals surface area contributed by atoms with E-state index in [0.717, 1.165) is 16.4 Å². The predicted molar refractivity (Wildman–Crippen MR) is 140 cm³/mol. The molecule has 4 aromatic rings. The summed E-state index contributed by atoms with van der Waals surface area (Å²) >= 11 is 5.87. The Morgan fingerprint density at radius 2 is 1.82 bits per heavy atom. The molecule has 3 aromatic heterocycles. The van der Waals surface area contributed by atoms with Crippen molar-refractivity contribution in [1.82, 2.24) is 24.8 Å². The van der Waals surface area contributed by atoms with Gasteiger partial charge in [-0.1, -0.05) is 24.3 Å². The van der Waals surface area contributed by atoms with Crippen molar-refractivity contribution in [2.24, 2.45) is 0 Å². The van der Waals surface area contributed by atoms with Crippen LogP contribution in [-0.4, -0.2) is 24.5 Å². The molecule has 4 heterocycles. The number of pyridine rings is 2. The van der Waals surface area contributed by atoms with Crippen LogP contribution < -0.4 is 5.32 Å². The first-order valence-electron chi connectivity index (χ1n) is 11.6. The Morgan fingerprint density at radius 3 is 2.56 bits per heavy atom. The minimum absolute atomic E-state index is 0.00710. The molecule has 1 aliphatic heterocycles. The molecule has 34 heavy (non-hydrogen) atoms. The zero-order chi connectivity index (χ0) is 23.8. The van der Waals surface area contributed by atoms with Gasteiger partial charge in [-0.15, -0.1) is 0 Å². The molecule has 1 saturated heterocycles. The molecule has 1 aromatic carbocycles. The molecule has 6 heteroatoms. The molecule has 0 bridgehead atoms. The fraction of sp³-hybridized carbons (Fsp3) is 0.250. The van der Waals surface area contributed by atoms with Gasteiger partial charge in [-0.3, -0.25) is 9.97 Å². The summed E-state index contributed by atoms with van der Waals surface area (Å²) in [6, 6.07) is 18.9. The van der Waals surface area contributed by atoms with Crippen LogP contribution in [0.2, 0.25) is 0 Å². The van der Waals surface area contributed by atoms with Crippen molar-refractivity contribution in [3.05, 3.63) is 113 Å². The molecule has 0 spiro atoms. The molecule has 5 nitrogen and oxygen atoms in total. The summed E-state index contributed by atoms with van der Waals surface area (Å²) in [5.74, 6) is 0. The van der Waals surface area contributed by atoms with E-state index in [1.807, 2.05) is 30.6 Å². The highest BCUT2D eigenvalue weighted by molar-refractivity contribution is 7.80. The van der Waals surface area contributed by atoms with Crippen LogP contribution in [0.4, 0.5) is 0 Å². The normalized spacial score (nSPS) is 17.8. The first-order chi connectivity index (χ1) is 16.5. The number of thiocarbonyl (C=S) groups is 1. The first-order valence-corrected chi connectivity index (χ1v) is 12.0. The van der Waals surface area contributed by atoms with Gasteiger partial charge >= 0.3 is 0 Å².